The van der Waals surface area contributed by atoms with Crippen molar-refractivity contribution in [1.29, 1.82) is 0 Å². The molecule has 1 unspecified atom stereocenters. The van der Waals surface area contributed by atoms with E-state index in [2.05, 4.69) is 10.2 Å². The first kappa shape index (κ1) is 17.6. The summed E-state index contributed by atoms with van der Waals surface area (Å²) in [5.74, 6) is 2.36. The Morgan fingerprint density at radius 2 is 2.10 bits per heavy atom. The molecule has 20 heavy (non-hydrogen) atoms. The second kappa shape index (κ2) is 8.74. The summed E-state index contributed by atoms with van der Waals surface area (Å²) in [5, 5.41) is 2.85. The lowest BCUT2D eigenvalue weighted by Crippen LogP contribution is -2.48. The SMILES string of the molecule is COCC(CNC(=O)OC(C)(C)C)N1CCCSCC1. The molecule has 0 bridgehead atoms. The number of methoxy groups -OCH3 is 1. The summed E-state index contributed by atoms with van der Waals surface area (Å²) in [7, 11) is 1.70. The quantitative estimate of drug-likeness (QED) is 0.841. The Labute approximate surface area is 126 Å². The predicted molar refractivity (Wildman–Crippen MR) is 83.4 cm³/mol. The van der Waals surface area contributed by atoms with Crippen LogP contribution in [0.4, 0.5) is 4.79 Å². The van der Waals surface area contributed by atoms with Crippen molar-refractivity contribution in [3.05, 3.63) is 0 Å². The van der Waals surface area contributed by atoms with Gasteiger partial charge in [0.15, 0.2) is 0 Å². The van der Waals surface area contributed by atoms with Crippen molar-refractivity contribution in [2.45, 2.75) is 38.8 Å². The molecule has 0 aliphatic carbocycles. The summed E-state index contributed by atoms with van der Waals surface area (Å²) in [5.41, 5.74) is -0.458. The average molecular weight is 304 g/mol. The zero-order chi connectivity index (χ0) is 15.0. The first-order valence-electron chi connectivity index (χ1n) is 7.20. The Kier molecular flexibility index (Phi) is 7.69. The van der Waals surface area contributed by atoms with Crippen LogP contribution in [-0.2, 0) is 9.47 Å². The lowest BCUT2D eigenvalue weighted by atomic mass is 10.2. The van der Waals surface area contributed by atoms with Crippen LogP contribution in [0.25, 0.3) is 0 Å². The van der Waals surface area contributed by atoms with Gasteiger partial charge in [0.25, 0.3) is 0 Å². The van der Waals surface area contributed by atoms with E-state index < -0.39 is 5.60 Å². The second-order valence-electron chi connectivity index (χ2n) is 5.99. The van der Waals surface area contributed by atoms with Crippen LogP contribution in [0.5, 0.6) is 0 Å². The van der Waals surface area contributed by atoms with Crippen LogP contribution in [0.1, 0.15) is 27.2 Å². The minimum atomic E-state index is -0.458. The van der Waals surface area contributed by atoms with E-state index in [0.29, 0.717) is 13.2 Å². The van der Waals surface area contributed by atoms with Gasteiger partial charge in [-0.2, -0.15) is 11.8 Å². The number of nitrogens with one attached hydrogen (secondary N) is 1. The Morgan fingerprint density at radius 1 is 1.35 bits per heavy atom. The van der Waals surface area contributed by atoms with Crippen molar-refractivity contribution in [1.82, 2.24) is 10.2 Å². The number of ether oxygens (including phenoxy) is 2. The molecule has 1 fully saturated rings. The number of thioether (sulfide) groups is 1. The molecule has 1 atom stereocenters. The third-order valence-corrected chi connectivity index (χ3v) is 4.06. The molecule has 5 nitrogen and oxygen atoms in total. The number of carbonyl (C=O) groups excluding carboxylic acids is 1. The molecule has 1 saturated heterocycles. The van der Waals surface area contributed by atoms with Crippen molar-refractivity contribution in [3.8, 4) is 0 Å². The van der Waals surface area contributed by atoms with Gasteiger partial charge in [-0.05, 0) is 39.5 Å². The molecule has 0 aromatic rings. The third-order valence-electron chi connectivity index (χ3n) is 3.01. The number of amides is 1. The number of hydrogen-bond acceptors (Lipinski definition) is 5. The highest BCUT2D eigenvalue weighted by Crippen LogP contribution is 2.13. The molecule has 0 radical (unpaired) electrons. The van der Waals surface area contributed by atoms with Crippen LogP contribution in [0, 0.1) is 0 Å². The number of alkyl carbamates (subject to hydrolysis) is 1. The summed E-state index contributed by atoms with van der Waals surface area (Å²) in [6, 6.07) is 0.214. The maximum atomic E-state index is 11.7. The zero-order valence-electron chi connectivity index (χ0n) is 13.1. The zero-order valence-corrected chi connectivity index (χ0v) is 13.9. The van der Waals surface area contributed by atoms with Gasteiger partial charge in [0, 0.05) is 26.0 Å². The molecule has 1 heterocycles. The largest absolute Gasteiger partial charge is 0.444 e. The Hall–Kier alpha value is -0.460. The van der Waals surface area contributed by atoms with E-state index in [1.807, 2.05) is 32.5 Å². The summed E-state index contributed by atoms with van der Waals surface area (Å²) >= 11 is 1.99. The summed E-state index contributed by atoms with van der Waals surface area (Å²) in [6.45, 7) is 8.90. The Morgan fingerprint density at radius 3 is 2.75 bits per heavy atom. The molecular formula is C14H28N2O3S. The van der Waals surface area contributed by atoms with E-state index in [4.69, 9.17) is 9.47 Å². The highest BCUT2D eigenvalue weighted by atomic mass is 32.2. The van der Waals surface area contributed by atoms with E-state index >= 15 is 0 Å². The summed E-state index contributed by atoms with van der Waals surface area (Å²) < 4.78 is 10.6. The van der Waals surface area contributed by atoms with Crippen LogP contribution >= 0.6 is 11.8 Å². The molecule has 118 valence electrons. The van der Waals surface area contributed by atoms with Crippen LogP contribution in [0.2, 0.25) is 0 Å². The number of hydrogen-bond donors (Lipinski definition) is 1. The number of nitrogens with zero attached hydrogens (tertiary/aromatic N) is 1. The minimum absolute atomic E-state index is 0.214. The predicted octanol–water partition coefficient (Wildman–Crippen LogP) is 1.97. The molecule has 0 spiro atoms. The fourth-order valence-electron chi connectivity index (χ4n) is 2.13. The fourth-order valence-corrected chi connectivity index (χ4v) is 3.03. The first-order valence-corrected chi connectivity index (χ1v) is 8.35. The Balaban J connectivity index is 2.43. The lowest BCUT2D eigenvalue weighted by Gasteiger charge is -2.30. The van der Waals surface area contributed by atoms with Gasteiger partial charge in [0.05, 0.1) is 12.6 Å². The standard InChI is InChI=1S/C14H28N2O3S/c1-14(2,3)19-13(17)15-10-12(11-18-4)16-6-5-8-20-9-7-16/h12H,5-11H2,1-4H3,(H,15,17). The van der Waals surface area contributed by atoms with Gasteiger partial charge in [-0.25, -0.2) is 4.79 Å². The molecule has 1 aliphatic rings. The lowest BCUT2D eigenvalue weighted by molar-refractivity contribution is 0.0472. The molecule has 1 amide bonds. The minimum Gasteiger partial charge on any atom is -0.444 e. The van der Waals surface area contributed by atoms with Crippen molar-refractivity contribution < 1.29 is 14.3 Å². The van der Waals surface area contributed by atoms with Crippen molar-refractivity contribution in [3.63, 3.8) is 0 Å². The van der Waals surface area contributed by atoms with Crippen LogP contribution in [-0.4, -0.2) is 67.5 Å². The monoisotopic (exact) mass is 304 g/mol. The summed E-state index contributed by atoms with van der Waals surface area (Å²) in [6.07, 6.45) is 0.833. The molecule has 1 rings (SSSR count). The molecule has 6 heteroatoms. The van der Waals surface area contributed by atoms with Crippen LogP contribution in [0.15, 0.2) is 0 Å². The van der Waals surface area contributed by atoms with Gasteiger partial charge in [-0.15, -0.1) is 0 Å². The fraction of sp³-hybridized carbons (Fsp3) is 0.929. The number of rotatable bonds is 5. The molecule has 0 aromatic heterocycles. The molecular weight excluding hydrogens is 276 g/mol. The van der Waals surface area contributed by atoms with E-state index in [0.717, 1.165) is 18.8 Å². The van der Waals surface area contributed by atoms with Gasteiger partial charge >= 0.3 is 6.09 Å². The highest BCUT2D eigenvalue weighted by molar-refractivity contribution is 7.99. The van der Waals surface area contributed by atoms with Gasteiger partial charge < -0.3 is 14.8 Å². The third kappa shape index (κ3) is 7.36. The van der Waals surface area contributed by atoms with Crippen molar-refractivity contribution >= 4 is 17.9 Å². The second-order valence-corrected chi connectivity index (χ2v) is 7.22. The van der Waals surface area contributed by atoms with Crippen molar-refractivity contribution in [2.24, 2.45) is 0 Å². The van der Waals surface area contributed by atoms with Crippen LogP contribution < -0.4 is 5.32 Å². The van der Waals surface area contributed by atoms with E-state index in [1.165, 1.54) is 12.2 Å². The summed E-state index contributed by atoms with van der Waals surface area (Å²) in [4.78, 5) is 14.1. The highest BCUT2D eigenvalue weighted by Gasteiger charge is 2.22. The molecule has 1 aliphatic heterocycles. The van der Waals surface area contributed by atoms with Gasteiger partial charge in [0.1, 0.15) is 5.60 Å². The maximum Gasteiger partial charge on any atom is 0.407 e. The smallest absolute Gasteiger partial charge is 0.407 e. The Bertz CT molecular complexity index is 287. The maximum absolute atomic E-state index is 11.7. The van der Waals surface area contributed by atoms with Gasteiger partial charge in [0.2, 0.25) is 0 Å². The molecule has 0 aromatic carbocycles. The topological polar surface area (TPSA) is 50.8 Å². The van der Waals surface area contributed by atoms with E-state index in [-0.39, 0.29) is 12.1 Å². The van der Waals surface area contributed by atoms with E-state index in [1.54, 1.807) is 7.11 Å². The average Bonchev–Trinajstić information content (AvgIpc) is 2.61. The van der Waals surface area contributed by atoms with E-state index in [9.17, 15) is 4.79 Å². The molecule has 0 saturated carbocycles. The molecule has 1 N–H and O–H groups in total. The van der Waals surface area contributed by atoms with Crippen LogP contribution in [0.3, 0.4) is 0 Å². The van der Waals surface area contributed by atoms with Gasteiger partial charge in [-0.3, -0.25) is 4.90 Å². The normalized spacial score (nSPS) is 19.2. The van der Waals surface area contributed by atoms with Crippen molar-refractivity contribution in [2.75, 3.05) is 44.9 Å². The number of carbonyl (C=O) groups is 1. The van der Waals surface area contributed by atoms with Gasteiger partial charge in [-0.1, -0.05) is 0 Å². The first-order chi connectivity index (χ1) is 9.42.